The zero-order valence-electron chi connectivity index (χ0n) is 15.2. The summed E-state index contributed by atoms with van der Waals surface area (Å²) in [5.74, 6) is 0.414. The van der Waals surface area contributed by atoms with Crippen molar-refractivity contribution in [3.8, 4) is 28.6 Å². The molecule has 0 aliphatic rings. The standard InChI is InChI=1S/C19H18N8O/c1-12(28)9-24-19-22-6-3-16(25-19)15-11-27(7-4-20)26-17(15)14-8-13-2-5-21-18(13)23-10-14/h2-3,5-6,8,10-12,28H,7,9H2,1H3,(H,21,23)(H,22,24,25). The maximum atomic E-state index is 9.45. The van der Waals surface area contributed by atoms with E-state index < -0.39 is 6.10 Å². The van der Waals surface area contributed by atoms with Crippen LogP contribution in [0.2, 0.25) is 0 Å². The summed E-state index contributed by atoms with van der Waals surface area (Å²) in [6.07, 6.45) is 6.50. The van der Waals surface area contributed by atoms with Gasteiger partial charge in [0.2, 0.25) is 5.95 Å². The molecule has 0 saturated carbocycles. The summed E-state index contributed by atoms with van der Waals surface area (Å²) in [7, 11) is 0. The van der Waals surface area contributed by atoms with Gasteiger partial charge < -0.3 is 15.4 Å². The number of aliphatic hydroxyl groups excluding tert-OH is 1. The molecule has 0 spiro atoms. The van der Waals surface area contributed by atoms with Gasteiger partial charge in [-0.15, -0.1) is 0 Å². The summed E-state index contributed by atoms with van der Waals surface area (Å²) in [6.45, 7) is 2.16. The molecule has 1 atom stereocenters. The molecular formula is C19H18N8O. The van der Waals surface area contributed by atoms with E-state index in [0.29, 0.717) is 23.9 Å². The van der Waals surface area contributed by atoms with Crippen LogP contribution in [0.5, 0.6) is 0 Å². The first-order chi connectivity index (χ1) is 13.6. The number of nitrogens with one attached hydrogen (secondary N) is 2. The summed E-state index contributed by atoms with van der Waals surface area (Å²) in [5.41, 5.74) is 3.75. The number of pyridine rings is 1. The lowest BCUT2D eigenvalue weighted by atomic mass is 10.1. The molecule has 0 aromatic carbocycles. The average molecular weight is 374 g/mol. The Morgan fingerprint density at radius 3 is 3.07 bits per heavy atom. The SMILES string of the molecule is CC(O)CNc1nccc(-c2cn(CC#N)nc2-c2cnc3[nH]ccc3c2)n1. The van der Waals surface area contributed by atoms with Crippen LogP contribution in [-0.2, 0) is 6.54 Å². The number of fused-ring (bicyclic) bond motifs is 1. The molecule has 4 aromatic heterocycles. The van der Waals surface area contributed by atoms with Crippen molar-refractivity contribution in [1.29, 1.82) is 5.26 Å². The summed E-state index contributed by atoms with van der Waals surface area (Å²) in [4.78, 5) is 16.2. The number of aromatic amines is 1. The Labute approximate surface area is 160 Å². The number of anilines is 1. The van der Waals surface area contributed by atoms with Crippen molar-refractivity contribution < 1.29 is 5.11 Å². The summed E-state index contributed by atoms with van der Waals surface area (Å²) < 4.78 is 1.58. The summed E-state index contributed by atoms with van der Waals surface area (Å²) >= 11 is 0. The van der Waals surface area contributed by atoms with Crippen LogP contribution in [0, 0.1) is 11.3 Å². The van der Waals surface area contributed by atoms with Crippen LogP contribution >= 0.6 is 0 Å². The number of rotatable bonds is 6. The van der Waals surface area contributed by atoms with E-state index in [4.69, 9.17) is 5.26 Å². The predicted octanol–water partition coefficient (Wildman–Crippen LogP) is 2.20. The Bertz CT molecular complexity index is 1150. The molecular weight excluding hydrogens is 356 g/mol. The summed E-state index contributed by atoms with van der Waals surface area (Å²) in [5, 5.41) is 27.0. The van der Waals surface area contributed by atoms with Gasteiger partial charge in [-0.25, -0.2) is 15.0 Å². The molecule has 9 heteroatoms. The Kier molecular flexibility index (Phi) is 4.70. The van der Waals surface area contributed by atoms with E-state index >= 15 is 0 Å². The molecule has 9 nitrogen and oxygen atoms in total. The fourth-order valence-corrected chi connectivity index (χ4v) is 2.88. The van der Waals surface area contributed by atoms with Gasteiger partial charge in [0.25, 0.3) is 0 Å². The summed E-state index contributed by atoms with van der Waals surface area (Å²) in [6, 6.07) is 7.83. The molecule has 0 aliphatic carbocycles. The first kappa shape index (κ1) is 17.6. The molecule has 4 heterocycles. The van der Waals surface area contributed by atoms with E-state index in [1.54, 1.807) is 36.3 Å². The fraction of sp³-hybridized carbons (Fsp3) is 0.211. The van der Waals surface area contributed by atoms with E-state index in [1.165, 1.54) is 0 Å². The molecule has 0 saturated heterocycles. The monoisotopic (exact) mass is 374 g/mol. The lowest BCUT2D eigenvalue weighted by Gasteiger charge is -2.08. The largest absolute Gasteiger partial charge is 0.392 e. The second kappa shape index (κ2) is 7.46. The van der Waals surface area contributed by atoms with E-state index in [0.717, 1.165) is 22.2 Å². The minimum Gasteiger partial charge on any atom is -0.392 e. The van der Waals surface area contributed by atoms with Crippen molar-refractivity contribution in [3.63, 3.8) is 0 Å². The normalized spacial score (nSPS) is 12.0. The Morgan fingerprint density at radius 1 is 1.36 bits per heavy atom. The average Bonchev–Trinajstić information content (AvgIpc) is 3.33. The molecule has 140 valence electrons. The maximum Gasteiger partial charge on any atom is 0.223 e. The second-order valence-corrected chi connectivity index (χ2v) is 6.38. The number of aliphatic hydroxyl groups is 1. The Morgan fingerprint density at radius 2 is 2.25 bits per heavy atom. The van der Waals surface area contributed by atoms with Gasteiger partial charge in [0.05, 0.1) is 17.9 Å². The number of H-pyrrole nitrogens is 1. The molecule has 0 amide bonds. The molecule has 4 rings (SSSR count). The maximum absolute atomic E-state index is 9.45. The highest BCUT2D eigenvalue weighted by Crippen LogP contribution is 2.31. The first-order valence-electron chi connectivity index (χ1n) is 8.77. The predicted molar refractivity (Wildman–Crippen MR) is 104 cm³/mol. The zero-order valence-corrected chi connectivity index (χ0v) is 15.2. The second-order valence-electron chi connectivity index (χ2n) is 6.38. The van der Waals surface area contributed by atoms with Crippen LogP contribution < -0.4 is 5.32 Å². The fourth-order valence-electron chi connectivity index (χ4n) is 2.88. The third-order valence-corrected chi connectivity index (χ3v) is 4.16. The van der Waals surface area contributed by atoms with E-state index in [1.807, 2.05) is 18.3 Å². The molecule has 1 unspecified atom stereocenters. The molecule has 4 aromatic rings. The highest BCUT2D eigenvalue weighted by atomic mass is 16.3. The quantitative estimate of drug-likeness (QED) is 0.472. The molecule has 3 N–H and O–H groups in total. The lowest BCUT2D eigenvalue weighted by Crippen LogP contribution is -2.16. The van der Waals surface area contributed by atoms with Gasteiger partial charge in [-0.1, -0.05) is 0 Å². The Hall–Kier alpha value is -3.77. The topological polar surface area (TPSA) is 128 Å². The zero-order chi connectivity index (χ0) is 19.5. The number of hydrogen-bond acceptors (Lipinski definition) is 7. The van der Waals surface area contributed by atoms with Crippen LogP contribution in [-0.4, -0.2) is 47.5 Å². The van der Waals surface area contributed by atoms with Crippen molar-refractivity contribution in [2.45, 2.75) is 19.6 Å². The highest BCUT2D eigenvalue weighted by molar-refractivity contribution is 5.85. The number of nitrogens with zero attached hydrogens (tertiary/aromatic N) is 6. The molecule has 0 bridgehead atoms. The van der Waals surface area contributed by atoms with Gasteiger partial charge >= 0.3 is 0 Å². The van der Waals surface area contributed by atoms with Crippen LogP contribution in [0.15, 0.2) is 43.0 Å². The molecule has 0 aliphatic heterocycles. The van der Waals surface area contributed by atoms with Crippen molar-refractivity contribution in [2.75, 3.05) is 11.9 Å². The number of hydrogen-bond donors (Lipinski definition) is 3. The van der Waals surface area contributed by atoms with Gasteiger partial charge in [-0.05, 0) is 25.1 Å². The van der Waals surface area contributed by atoms with Crippen LogP contribution in [0.3, 0.4) is 0 Å². The lowest BCUT2D eigenvalue weighted by molar-refractivity contribution is 0.208. The molecule has 0 radical (unpaired) electrons. The van der Waals surface area contributed by atoms with Gasteiger partial charge in [-0.3, -0.25) is 4.68 Å². The van der Waals surface area contributed by atoms with Gasteiger partial charge in [0, 0.05) is 47.8 Å². The molecule has 0 fully saturated rings. The van der Waals surface area contributed by atoms with Crippen molar-refractivity contribution in [1.82, 2.24) is 29.7 Å². The van der Waals surface area contributed by atoms with E-state index in [2.05, 4.69) is 36.4 Å². The third-order valence-electron chi connectivity index (χ3n) is 4.16. The number of nitriles is 1. The van der Waals surface area contributed by atoms with Crippen LogP contribution in [0.1, 0.15) is 6.92 Å². The number of aromatic nitrogens is 6. The third kappa shape index (κ3) is 3.54. The van der Waals surface area contributed by atoms with E-state index in [9.17, 15) is 5.11 Å². The molecule has 28 heavy (non-hydrogen) atoms. The minimum absolute atomic E-state index is 0.130. The smallest absolute Gasteiger partial charge is 0.223 e. The highest BCUT2D eigenvalue weighted by Gasteiger charge is 2.16. The van der Waals surface area contributed by atoms with Gasteiger partial charge in [0.15, 0.2) is 0 Å². The Balaban J connectivity index is 1.78. The van der Waals surface area contributed by atoms with Crippen molar-refractivity contribution in [3.05, 3.63) is 43.0 Å². The van der Waals surface area contributed by atoms with Crippen LogP contribution in [0.4, 0.5) is 5.95 Å². The first-order valence-corrected chi connectivity index (χ1v) is 8.77. The van der Waals surface area contributed by atoms with Gasteiger partial charge in [0.1, 0.15) is 17.9 Å². The minimum atomic E-state index is -0.514. The van der Waals surface area contributed by atoms with Crippen LogP contribution in [0.25, 0.3) is 33.5 Å². The van der Waals surface area contributed by atoms with Crippen molar-refractivity contribution >= 4 is 17.0 Å². The van der Waals surface area contributed by atoms with E-state index in [-0.39, 0.29) is 6.54 Å². The van der Waals surface area contributed by atoms with Crippen molar-refractivity contribution in [2.24, 2.45) is 0 Å². The van der Waals surface area contributed by atoms with Gasteiger partial charge in [-0.2, -0.15) is 10.4 Å².